The van der Waals surface area contributed by atoms with Crippen LogP contribution in [-0.2, 0) is 13.2 Å². The van der Waals surface area contributed by atoms with Crippen molar-refractivity contribution in [2.45, 2.75) is 45.7 Å². The average Bonchev–Trinajstić information content (AvgIpc) is 3.01. The molecule has 0 spiro atoms. The van der Waals surface area contributed by atoms with Gasteiger partial charge in [0.2, 0.25) is 0 Å². The summed E-state index contributed by atoms with van der Waals surface area (Å²) in [5.41, 5.74) is 1.51. The molecule has 2 aromatic heterocycles. The molecule has 0 unspecified atom stereocenters. The summed E-state index contributed by atoms with van der Waals surface area (Å²) in [4.78, 5) is 13.2. The summed E-state index contributed by atoms with van der Waals surface area (Å²) >= 11 is 0. The second-order valence-corrected chi connectivity index (χ2v) is 7.12. The molecule has 3 aromatic rings. The molecule has 156 valence electrons. The van der Waals surface area contributed by atoms with Gasteiger partial charge in [0, 0.05) is 12.7 Å². The number of fused-ring (bicyclic) bond motifs is 1. The summed E-state index contributed by atoms with van der Waals surface area (Å²) in [6.07, 6.45) is -2.70. The molecule has 8 heteroatoms. The highest BCUT2D eigenvalue weighted by atomic mass is 19.4. The maximum Gasteiger partial charge on any atom is 0.416 e. The fourth-order valence-electron chi connectivity index (χ4n) is 3.74. The van der Waals surface area contributed by atoms with Crippen LogP contribution in [0.25, 0.3) is 16.9 Å². The molecule has 0 saturated carbocycles. The van der Waals surface area contributed by atoms with Crippen molar-refractivity contribution < 1.29 is 17.9 Å². The van der Waals surface area contributed by atoms with E-state index in [0.717, 1.165) is 36.2 Å². The molecule has 0 aliphatic rings. The van der Waals surface area contributed by atoms with Crippen molar-refractivity contribution in [1.29, 1.82) is 0 Å². The first-order valence-electron chi connectivity index (χ1n) is 9.48. The third-order valence-electron chi connectivity index (χ3n) is 5.40. The molecule has 1 aromatic carbocycles. The van der Waals surface area contributed by atoms with Gasteiger partial charge in [-0.3, -0.25) is 9.36 Å². The number of hydrogen-bond donors (Lipinski definition) is 0. The second kappa shape index (κ2) is 7.57. The fourth-order valence-corrected chi connectivity index (χ4v) is 3.74. The quantitative estimate of drug-likeness (QED) is 0.602. The van der Waals surface area contributed by atoms with Crippen molar-refractivity contribution in [2.24, 2.45) is 7.05 Å². The first kappa shape index (κ1) is 21.0. The monoisotopic (exact) mass is 407 g/mol. The van der Waals surface area contributed by atoms with E-state index in [2.05, 4.69) is 18.9 Å². The lowest BCUT2D eigenvalue weighted by Gasteiger charge is -2.16. The lowest BCUT2D eigenvalue weighted by atomic mass is 9.95. The third kappa shape index (κ3) is 3.52. The van der Waals surface area contributed by atoms with Crippen molar-refractivity contribution in [1.82, 2.24) is 14.2 Å². The van der Waals surface area contributed by atoms with Gasteiger partial charge in [-0.15, -0.1) is 5.10 Å². The Morgan fingerprint density at radius 1 is 1.17 bits per heavy atom. The summed E-state index contributed by atoms with van der Waals surface area (Å²) in [5.74, 6) is 0.481. The Hall–Kier alpha value is -2.77. The zero-order valence-corrected chi connectivity index (χ0v) is 17.1. The van der Waals surface area contributed by atoms with Crippen LogP contribution in [0.5, 0.6) is 5.75 Å². The minimum Gasteiger partial charge on any atom is -0.496 e. The zero-order valence-electron chi connectivity index (χ0n) is 17.1. The molecule has 0 aliphatic heterocycles. The van der Waals surface area contributed by atoms with Gasteiger partial charge in [-0.1, -0.05) is 13.8 Å². The number of alkyl halides is 3. The highest BCUT2D eigenvalue weighted by molar-refractivity contribution is 5.67. The molecule has 3 rings (SSSR count). The van der Waals surface area contributed by atoms with Crippen LogP contribution in [0.15, 0.2) is 29.1 Å². The van der Waals surface area contributed by atoms with Gasteiger partial charge in [0.05, 0.1) is 18.2 Å². The molecular weight excluding hydrogens is 383 g/mol. The number of nitrogens with zero attached hydrogens (tertiary/aromatic N) is 3. The molecular formula is C21H24F3N3O2. The minimum atomic E-state index is -4.49. The number of halogens is 3. The van der Waals surface area contributed by atoms with E-state index in [1.54, 1.807) is 11.6 Å². The predicted octanol–water partition coefficient (Wildman–Crippen LogP) is 4.94. The van der Waals surface area contributed by atoms with Gasteiger partial charge in [0.25, 0.3) is 5.56 Å². The van der Waals surface area contributed by atoms with Gasteiger partial charge in [0.15, 0.2) is 5.82 Å². The van der Waals surface area contributed by atoms with Gasteiger partial charge in [-0.2, -0.15) is 13.2 Å². The van der Waals surface area contributed by atoms with Crippen LogP contribution < -0.4 is 10.3 Å². The lowest BCUT2D eigenvalue weighted by Crippen LogP contribution is -2.24. The fraction of sp³-hybridized carbons (Fsp3) is 0.429. The van der Waals surface area contributed by atoms with E-state index in [4.69, 9.17) is 4.74 Å². The number of ether oxygens (including phenoxy) is 1. The van der Waals surface area contributed by atoms with Crippen LogP contribution in [-0.4, -0.2) is 21.3 Å². The minimum absolute atomic E-state index is 0.00620. The Bertz CT molecular complexity index is 1110. The van der Waals surface area contributed by atoms with Crippen LogP contribution in [0.4, 0.5) is 13.2 Å². The number of aryl methyl sites for hydroxylation is 1. The van der Waals surface area contributed by atoms with Crippen LogP contribution >= 0.6 is 0 Å². The summed E-state index contributed by atoms with van der Waals surface area (Å²) in [6.45, 7) is 6.01. The number of hydrogen-bond acceptors (Lipinski definition) is 3. The van der Waals surface area contributed by atoms with Crippen LogP contribution in [0, 0.1) is 6.92 Å². The van der Waals surface area contributed by atoms with Crippen LogP contribution in [0.3, 0.4) is 0 Å². The molecule has 2 heterocycles. The third-order valence-corrected chi connectivity index (χ3v) is 5.40. The van der Waals surface area contributed by atoms with Crippen molar-refractivity contribution in [3.8, 4) is 17.1 Å². The van der Waals surface area contributed by atoms with E-state index in [-0.39, 0.29) is 23.1 Å². The van der Waals surface area contributed by atoms with Gasteiger partial charge in [-0.25, -0.2) is 4.52 Å². The molecule has 5 nitrogen and oxygen atoms in total. The topological polar surface area (TPSA) is 48.5 Å². The van der Waals surface area contributed by atoms with E-state index < -0.39 is 11.7 Å². The molecule has 0 saturated heterocycles. The predicted molar refractivity (Wildman–Crippen MR) is 105 cm³/mol. The Morgan fingerprint density at radius 3 is 2.38 bits per heavy atom. The normalized spacial score (nSPS) is 12.2. The smallest absolute Gasteiger partial charge is 0.416 e. The van der Waals surface area contributed by atoms with Crippen LogP contribution in [0.1, 0.15) is 49.4 Å². The number of benzene rings is 1. The Morgan fingerprint density at radius 2 is 1.83 bits per heavy atom. The molecule has 0 N–H and O–H groups in total. The standard InChI is InChI=1S/C21H24F3N3O2/c1-6-13(7-2)16-10-12(3)27-18(16)20(28)26(4)19(25-27)15-9-8-14(21(22,23)24)11-17(15)29-5/h8-11,13H,6-7H2,1-5H3. The van der Waals surface area contributed by atoms with E-state index >= 15 is 0 Å². The molecule has 0 fully saturated rings. The maximum atomic E-state index is 13.2. The van der Waals surface area contributed by atoms with E-state index in [9.17, 15) is 18.0 Å². The van der Waals surface area contributed by atoms with Crippen molar-refractivity contribution in [3.63, 3.8) is 0 Å². The van der Waals surface area contributed by atoms with E-state index in [1.807, 2.05) is 13.0 Å². The largest absolute Gasteiger partial charge is 0.496 e. The van der Waals surface area contributed by atoms with Gasteiger partial charge in [0.1, 0.15) is 11.3 Å². The Balaban J connectivity index is 2.29. The molecule has 0 atom stereocenters. The Labute approximate surface area is 166 Å². The molecule has 0 amide bonds. The zero-order chi connectivity index (χ0) is 21.5. The number of rotatable bonds is 5. The second-order valence-electron chi connectivity index (χ2n) is 7.12. The summed E-state index contributed by atoms with van der Waals surface area (Å²) in [6, 6.07) is 5.14. The summed E-state index contributed by atoms with van der Waals surface area (Å²) in [7, 11) is 2.86. The number of methoxy groups -OCH3 is 1. The SMILES string of the molecule is CCC(CC)c1cc(C)n2nc(-c3ccc(C(F)(F)F)cc3OC)n(C)c(=O)c12. The highest BCUT2D eigenvalue weighted by Gasteiger charge is 2.32. The van der Waals surface area contributed by atoms with Gasteiger partial charge >= 0.3 is 6.18 Å². The average molecular weight is 407 g/mol. The van der Waals surface area contributed by atoms with Gasteiger partial charge < -0.3 is 4.74 Å². The summed E-state index contributed by atoms with van der Waals surface area (Å²) in [5, 5.41) is 4.60. The maximum absolute atomic E-state index is 13.2. The van der Waals surface area contributed by atoms with E-state index in [0.29, 0.717) is 11.1 Å². The summed E-state index contributed by atoms with van der Waals surface area (Å²) < 4.78 is 47.3. The first-order valence-corrected chi connectivity index (χ1v) is 9.48. The van der Waals surface area contributed by atoms with E-state index in [1.165, 1.54) is 17.7 Å². The molecule has 29 heavy (non-hydrogen) atoms. The molecule has 0 radical (unpaired) electrons. The van der Waals surface area contributed by atoms with Gasteiger partial charge in [-0.05, 0) is 55.5 Å². The number of aromatic nitrogens is 3. The highest BCUT2D eigenvalue weighted by Crippen LogP contribution is 2.36. The first-order chi connectivity index (χ1) is 13.6. The lowest BCUT2D eigenvalue weighted by molar-refractivity contribution is -0.137. The van der Waals surface area contributed by atoms with Crippen LogP contribution in [0.2, 0.25) is 0 Å². The molecule has 0 bridgehead atoms. The van der Waals surface area contributed by atoms with Crippen molar-refractivity contribution in [3.05, 3.63) is 51.4 Å². The van der Waals surface area contributed by atoms with Crippen molar-refractivity contribution in [2.75, 3.05) is 7.11 Å². The van der Waals surface area contributed by atoms with Crippen molar-refractivity contribution >= 4 is 5.52 Å². The molecule has 0 aliphatic carbocycles. The Kier molecular flexibility index (Phi) is 5.47.